The van der Waals surface area contributed by atoms with Crippen LogP contribution < -0.4 is 10.2 Å². The van der Waals surface area contributed by atoms with E-state index in [0.29, 0.717) is 24.1 Å². The van der Waals surface area contributed by atoms with Crippen molar-refractivity contribution in [2.45, 2.75) is 32.7 Å². The minimum Gasteiger partial charge on any atom is -0.396 e. The first-order valence-corrected chi connectivity index (χ1v) is 6.72. The van der Waals surface area contributed by atoms with Crippen molar-refractivity contribution >= 4 is 17.5 Å². The first kappa shape index (κ1) is 16.2. The third kappa shape index (κ3) is 4.35. The quantitative estimate of drug-likeness (QED) is 0.829. The molecule has 0 aliphatic heterocycles. The van der Waals surface area contributed by atoms with Gasteiger partial charge >= 0.3 is 0 Å². The highest BCUT2D eigenvalue weighted by Crippen LogP contribution is 2.19. The van der Waals surface area contributed by atoms with Crippen LogP contribution in [0, 0.1) is 0 Å². The van der Waals surface area contributed by atoms with Crippen molar-refractivity contribution in [1.29, 1.82) is 0 Å². The molecule has 20 heavy (non-hydrogen) atoms. The number of hydrogen-bond donors (Lipinski definition) is 2. The van der Waals surface area contributed by atoms with Crippen molar-refractivity contribution in [2.24, 2.45) is 0 Å². The smallest absolute Gasteiger partial charge is 0.253 e. The maximum absolute atomic E-state index is 12.3. The van der Waals surface area contributed by atoms with E-state index in [4.69, 9.17) is 5.11 Å². The average molecular weight is 278 g/mol. The van der Waals surface area contributed by atoms with E-state index in [2.05, 4.69) is 5.32 Å². The fourth-order valence-electron chi connectivity index (χ4n) is 1.90. The van der Waals surface area contributed by atoms with Crippen molar-refractivity contribution in [1.82, 2.24) is 5.32 Å². The van der Waals surface area contributed by atoms with Gasteiger partial charge in [-0.3, -0.25) is 9.59 Å². The molecule has 2 N–H and O–H groups in total. The summed E-state index contributed by atoms with van der Waals surface area (Å²) >= 11 is 0. The van der Waals surface area contributed by atoms with Gasteiger partial charge in [0.1, 0.15) is 0 Å². The molecule has 0 heterocycles. The van der Waals surface area contributed by atoms with E-state index >= 15 is 0 Å². The molecule has 0 aliphatic carbocycles. The molecular weight excluding hydrogens is 256 g/mol. The normalized spacial score (nSPS) is 11.8. The van der Waals surface area contributed by atoms with Gasteiger partial charge in [0, 0.05) is 26.6 Å². The minimum atomic E-state index is -0.209. The van der Waals surface area contributed by atoms with E-state index in [-0.39, 0.29) is 24.5 Å². The third-order valence-electron chi connectivity index (χ3n) is 3.16. The molecule has 1 atom stereocenters. The molecule has 0 spiro atoms. The first-order valence-electron chi connectivity index (χ1n) is 6.72. The Labute approximate surface area is 119 Å². The van der Waals surface area contributed by atoms with Gasteiger partial charge < -0.3 is 15.3 Å². The van der Waals surface area contributed by atoms with Crippen LogP contribution in [0.5, 0.6) is 0 Å². The molecule has 0 bridgehead atoms. The zero-order valence-electron chi connectivity index (χ0n) is 12.2. The molecule has 0 aliphatic rings. The van der Waals surface area contributed by atoms with Crippen LogP contribution in [-0.4, -0.2) is 36.6 Å². The lowest BCUT2D eigenvalue weighted by Crippen LogP contribution is -2.34. The fraction of sp³-hybridized carbons (Fsp3) is 0.467. The van der Waals surface area contributed by atoms with E-state index in [1.807, 2.05) is 6.92 Å². The summed E-state index contributed by atoms with van der Waals surface area (Å²) in [6, 6.07) is 6.98. The molecule has 0 saturated carbocycles. The number of para-hydroxylation sites is 1. The van der Waals surface area contributed by atoms with Crippen molar-refractivity contribution in [2.75, 3.05) is 18.6 Å². The van der Waals surface area contributed by atoms with Crippen LogP contribution in [-0.2, 0) is 4.79 Å². The molecular formula is C15H22N2O3. The number of nitrogens with zero attached hydrogens (tertiary/aromatic N) is 1. The summed E-state index contributed by atoms with van der Waals surface area (Å²) in [6.07, 6.45) is 1.36. The Morgan fingerprint density at radius 3 is 2.60 bits per heavy atom. The summed E-state index contributed by atoms with van der Waals surface area (Å²) in [4.78, 5) is 25.2. The number of amides is 2. The molecule has 0 aromatic heterocycles. The van der Waals surface area contributed by atoms with E-state index in [1.54, 1.807) is 31.3 Å². The van der Waals surface area contributed by atoms with Crippen molar-refractivity contribution in [3.63, 3.8) is 0 Å². The van der Waals surface area contributed by atoms with Crippen LogP contribution in [0.3, 0.4) is 0 Å². The Bertz CT molecular complexity index is 474. The minimum absolute atomic E-state index is 0.0228. The first-order chi connectivity index (χ1) is 9.47. The zero-order valence-corrected chi connectivity index (χ0v) is 12.2. The molecule has 5 heteroatoms. The van der Waals surface area contributed by atoms with Gasteiger partial charge in [0.25, 0.3) is 5.91 Å². The van der Waals surface area contributed by atoms with Crippen molar-refractivity contribution in [3.05, 3.63) is 29.8 Å². The number of benzene rings is 1. The molecule has 0 fully saturated rings. The second-order valence-corrected chi connectivity index (χ2v) is 4.84. The Morgan fingerprint density at radius 2 is 2.00 bits per heavy atom. The van der Waals surface area contributed by atoms with Gasteiger partial charge in [0.05, 0.1) is 11.3 Å². The summed E-state index contributed by atoms with van der Waals surface area (Å²) in [7, 11) is 1.64. The number of anilines is 1. The number of carbonyl (C=O) groups is 2. The molecule has 5 nitrogen and oxygen atoms in total. The van der Waals surface area contributed by atoms with Crippen molar-refractivity contribution < 1.29 is 14.7 Å². The highest BCUT2D eigenvalue weighted by Gasteiger charge is 2.17. The zero-order chi connectivity index (χ0) is 15.1. The monoisotopic (exact) mass is 278 g/mol. The molecule has 1 aromatic carbocycles. The maximum Gasteiger partial charge on any atom is 0.253 e. The molecule has 2 amide bonds. The topological polar surface area (TPSA) is 69.6 Å². The van der Waals surface area contributed by atoms with Crippen LogP contribution in [0.25, 0.3) is 0 Å². The summed E-state index contributed by atoms with van der Waals surface area (Å²) in [5.41, 5.74) is 1.06. The van der Waals surface area contributed by atoms with Crippen LogP contribution in [0.1, 0.15) is 37.0 Å². The maximum atomic E-state index is 12.3. The number of hydrogen-bond acceptors (Lipinski definition) is 3. The predicted molar refractivity (Wildman–Crippen MR) is 78.8 cm³/mol. The largest absolute Gasteiger partial charge is 0.396 e. The highest BCUT2D eigenvalue weighted by molar-refractivity contribution is 6.04. The van der Waals surface area contributed by atoms with Gasteiger partial charge in [-0.05, 0) is 31.9 Å². The molecule has 1 aromatic rings. The average Bonchev–Trinajstić information content (AvgIpc) is 2.44. The lowest BCUT2D eigenvalue weighted by Gasteiger charge is -2.20. The van der Waals surface area contributed by atoms with Gasteiger partial charge in [-0.2, -0.15) is 0 Å². The van der Waals surface area contributed by atoms with E-state index < -0.39 is 0 Å². The highest BCUT2D eigenvalue weighted by atomic mass is 16.3. The Balaban J connectivity index is 2.85. The molecule has 0 radical (unpaired) electrons. The van der Waals surface area contributed by atoms with E-state index in [9.17, 15) is 9.59 Å². The molecule has 0 saturated heterocycles. The van der Waals surface area contributed by atoms with Gasteiger partial charge in [-0.15, -0.1) is 0 Å². The summed E-state index contributed by atoms with van der Waals surface area (Å²) in [5, 5.41) is 11.7. The van der Waals surface area contributed by atoms with Gasteiger partial charge in [0.2, 0.25) is 5.91 Å². The van der Waals surface area contributed by atoms with Crippen LogP contribution in [0.4, 0.5) is 5.69 Å². The van der Waals surface area contributed by atoms with Gasteiger partial charge in [-0.25, -0.2) is 0 Å². The fourth-order valence-corrected chi connectivity index (χ4v) is 1.90. The van der Waals surface area contributed by atoms with Gasteiger partial charge in [0.15, 0.2) is 0 Å². The van der Waals surface area contributed by atoms with Crippen LogP contribution >= 0.6 is 0 Å². The summed E-state index contributed by atoms with van der Waals surface area (Å²) < 4.78 is 0. The predicted octanol–water partition coefficient (Wildman–Crippen LogP) is 1.56. The van der Waals surface area contributed by atoms with E-state index in [1.165, 1.54) is 11.8 Å². The number of nitrogens with one attached hydrogen (secondary N) is 1. The number of carbonyl (C=O) groups excluding carboxylic acids is 2. The number of aliphatic hydroxyl groups is 1. The third-order valence-corrected chi connectivity index (χ3v) is 3.16. The Kier molecular flexibility index (Phi) is 6.18. The molecule has 110 valence electrons. The van der Waals surface area contributed by atoms with Crippen LogP contribution in [0.15, 0.2) is 24.3 Å². The second-order valence-electron chi connectivity index (χ2n) is 4.84. The standard InChI is InChI=1S/C15H22N2O3/c1-11(7-6-10-18)16-15(20)13-8-4-5-9-14(13)17(3)12(2)19/h4-5,8-9,11,18H,6-7,10H2,1-3H3,(H,16,20). The molecule has 1 rings (SSSR count). The number of aliphatic hydroxyl groups excluding tert-OH is 1. The number of rotatable bonds is 6. The molecule has 1 unspecified atom stereocenters. The Hall–Kier alpha value is -1.88. The van der Waals surface area contributed by atoms with Crippen LogP contribution in [0.2, 0.25) is 0 Å². The summed E-state index contributed by atoms with van der Waals surface area (Å²) in [6.45, 7) is 3.47. The Morgan fingerprint density at radius 1 is 1.35 bits per heavy atom. The van der Waals surface area contributed by atoms with Crippen molar-refractivity contribution in [3.8, 4) is 0 Å². The van der Waals surface area contributed by atoms with Gasteiger partial charge in [-0.1, -0.05) is 12.1 Å². The van der Waals surface area contributed by atoms with E-state index in [0.717, 1.165) is 0 Å². The lowest BCUT2D eigenvalue weighted by molar-refractivity contribution is -0.116. The lowest BCUT2D eigenvalue weighted by atomic mass is 10.1. The summed E-state index contributed by atoms with van der Waals surface area (Å²) in [5.74, 6) is -0.335. The second kappa shape index (κ2) is 7.65. The SMILES string of the molecule is CC(=O)N(C)c1ccccc1C(=O)NC(C)CCCO.